The van der Waals surface area contributed by atoms with Gasteiger partial charge in [0, 0.05) is 70.5 Å². The first-order valence-corrected chi connectivity index (χ1v) is 17.0. The molecule has 3 N–H and O–H groups in total. The van der Waals surface area contributed by atoms with Crippen molar-refractivity contribution in [3.63, 3.8) is 0 Å². The highest BCUT2D eigenvalue weighted by Crippen LogP contribution is 2.44. The molecule has 8 nitrogen and oxygen atoms in total. The van der Waals surface area contributed by atoms with Crippen molar-refractivity contribution in [1.82, 2.24) is 20.1 Å². The Morgan fingerprint density at radius 3 is 2.41 bits per heavy atom. The lowest BCUT2D eigenvalue weighted by Crippen LogP contribution is -2.49. The molecule has 9 heteroatoms. The average Bonchev–Trinajstić information content (AvgIpc) is 3.88. The van der Waals surface area contributed by atoms with E-state index in [1.807, 2.05) is 44.9 Å². The van der Waals surface area contributed by atoms with Crippen molar-refractivity contribution < 1.29 is 6.22 Å². The van der Waals surface area contributed by atoms with Crippen LogP contribution in [0.1, 0.15) is 61.2 Å². The summed E-state index contributed by atoms with van der Waals surface area (Å²) >= 11 is 1.42. The Morgan fingerprint density at radius 1 is 1.22 bits per heavy atom. The van der Waals surface area contributed by atoms with E-state index in [2.05, 4.69) is 64.5 Å². The van der Waals surface area contributed by atoms with E-state index in [4.69, 9.17) is 17.1 Å². The molecule has 3 atom stereocenters. The number of nitrogens with zero attached hydrogens (tertiary/aromatic N) is 5. The zero-order chi connectivity index (χ0) is 34.1. The average molecular weight is 646 g/mol. The van der Waals surface area contributed by atoms with Crippen LogP contribution in [0.5, 0.6) is 0 Å². The van der Waals surface area contributed by atoms with Gasteiger partial charge in [0.05, 0.1) is 4.91 Å². The summed E-state index contributed by atoms with van der Waals surface area (Å²) in [5.41, 5.74) is 10.5. The topological polar surface area (TPSA) is 90.1 Å². The zero-order valence-electron chi connectivity index (χ0n) is 28.5. The maximum absolute atomic E-state index is 11.1. The maximum atomic E-state index is 11.1. The summed E-state index contributed by atoms with van der Waals surface area (Å²) < 4.78 is 0. The third-order valence-electron chi connectivity index (χ3n) is 7.93. The standard InChI is InChI=1S/C23H26N6OS.C10H17N.C2H6.C2H4.H2/c1-5-22(29-14-12-28(13-15-29)19-8-10-24-11-9-19)25-21(7-6-18(2)3)26-23-27(4)16-20(17-30)31-23;1-7-3-2-4-9(10(7)11)8-5-6-8;2*1-2;/h1,8-11,16-17,21,23,26H,2,12-15H2,3-4H3;8-9H,2-6,11H2,1H3;1-2H3;1-2H2;1H/b25-22+;;;;/t;9-;;;/m.0.../s1. The molecule has 0 amide bonds. The molecule has 1 saturated heterocycles. The molecule has 2 unspecified atom stereocenters. The fraction of sp³-hybridized carbons (Fsp3) is 0.486. The predicted octanol–water partition coefficient (Wildman–Crippen LogP) is 6.24. The van der Waals surface area contributed by atoms with Crippen LogP contribution in [0.15, 0.2) is 77.2 Å². The minimum Gasteiger partial charge on any atom is -0.402 e. The fourth-order valence-electron chi connectivity index (χ4n) is 5.41. The second-order valence-electron chi connectivity index (χ2n) is 11.3. The number of nitrogens with one attached hydrogen (secondary N) is 1. The first-order chi connectivity index (χ1) is 22.3. The number of rotatable bonds is 6. The summed E-state index contributed by atoms with van der Waals surface area (Å²) in [6.45, 7) is 21.1. The molecule has 3 heterocycles. The van der Waals surface area contributed by atoms with Gasteiger partial charge in [-0.3, -0.25) is 15.1 Å². The number of hydrogen-bond acceptors (Lipinski definition) is 8. The molecule has 4 aliphatic rings. The van der Waals surface area contributed by atoms with E-state index < -0.39 is 6.17 Å². The number of aldehydes is 1. The van der Waals surface area contributed by atoms with E-state index in [0.717, 1.165) is 55.6 Å². The van der Waals surface area contributed by atoms with Crippen LogP contribution in [-0.4, -0.2) is 71.8 Å². The Balaban J connectivity index is 0.000000573. The van der Waals surface area contributed by atoms with Gasteiger partial charge in [0.25, 0.3) is 0 Å². The van der Waals surface area contributed by atoms with Crippen LogP contribution in [0.25, 0.3) is 0 Å². The third-order valence-corrected chi connectivity index (χ3v) is 9.09. The monoisotopic (exact) mass is 645 g/mol. The Morgan fingerprint density at radius 2 is 1.87 bits per heavy atom. The number of hydrogen-bond donors (Lipinski definition) is 2. The fourth-order valence-corrected chi connectivity index (χ4v) is 6.38. The lowest BCUT2D eigenvalue weighted by atomic mass is 9.85. The maximum Gasteiger partial charge on any atom is 0.178 e. The van der Waals surface area contributed by atoms with Crippen LogP contribution in [0.3, 0.4) is 0 Å². The van der Waals surface area contributed by atoms with Gasteiger partial charge < -0.3 is 20.4 Å². The Bertz CT molecular complexity index is 1330. The van der Waals surface area contributed by atoms with Gasteiger partial charge in [-0.2, -0.15) is 0 Å². The van der Waals surface area contributed by atoms with E-state index in [-0.39, 0.29) is 6.92 Å². The van der Waals surface area contributed by atoms with E-state index in [1.54, 1.807) is 18.6 Å². The Kier molecular flexibility index (Phi) is 16.8. The number of allylic oxidation sites excluding steroid dienone is 4. The van der Waals surface area contributed by atoms with E-state index in [0.29, 0.717) is 10.7 Å². The summed E-state index contributed by atoms with van der Waals surface area (Å²) in [5.74, 6) is 11.1. The van der Waals surface area contributed by atoms with Crippen molar-refractivity contribution in [3.8, 4) is 24.2 Å². The van der Waals surface area contributed by atoms with Crippen molar-refractivity contribution >= 4 is 29.6 Å². The lowest BCUT2D eigenvalue weighted by molar-refractivity contribution is -0.104. The second kappa shape index (κ2) is 20.3. The van der Waals surface area contributed by atoms with Crippen LogP contribution in [0.2, 0.25) is 0 Å². The third kappa shape index (κ3) is 11.8. The summed E-state index contributed by atoms with van der Waals surface area (Å²) in [4.78, 5) is 26.9. The van der Waals surface area contributed by atoms with Crippen LogP contribution < -0.4 is 16.0 Å². The highest BCUT2D eigenvalue weighted by molar-refractivity contribution is 8.04. The van der Waals surface area contributed by atoms with Gasteiger partial charge in [-0.1, -0.05) is 49.6 Å². The van der Waals surface area contributed by atoms with Gasteiger partial charge in [0.15, 0.2) is 18.3 Å². The summed E-state index contributed by atoms with van der Waals surface area (Å²) in [5, 5.41) is 3.36. The van der Waals surface area contributed by atoms with Gasteiger partial charge in [0.1, 0.15) is 5.50 Å². The normalized spacial score (nSPS) is 21.3. The molecule has 0 bridgehead atoms. The number of piperazine rings is 1. The Labute approximate surface area is 283 Å². The molecule has 0 spiro atoms. The van der Waals surface area contributed by atoms with Crippen molar-refractivity contribution in [2.45, 2.75) is 71.5 Å². The van der Waals surface area contributed by atoms with Gasteiger partial charge in [0.2, 0.25) is 0 Å². The zero-order valence-corrected chi connectivity index (χ0v) is 29.3. The van der Waals surface area contributed by atoms with E-state index in [9.17, 15) is 4.79 Å². The van der Waals surface area contributed by atoms with Crippen LogP contribution >= 0.6 is 11.8 Å². The predicted molar refractivity (Wildman–Crippen MR) is 199 cm³/mol. The minimum absolute atomic E-state index is 0. The highest BCUT2D eigenvalue weighted by Gasteiger charge is 2.34. The second-order valence-corrected chi connectivity index (χ2v) is 12.4. The quantitative estimate of drug-likeness (QED) is 0.124. The molecule has 46 heavy (non-hydrogen) atoms. The summed E-state index contributed by atoms with van der Waals surface area (Å²) in [6, 6.07) is 4.02. The molecule has 2 fully saturated rings. The highest BCUT2D eigenvalue weighted by atomic mass is 32.2. The van der Waals surface area contributed by atoms with Gasteiger partial charge in [-0.15, -0.1) is 19.6 Å². The van der Waals surface area contributed by atoms with Crippen molar-refractivity contribution in [1.29, 1.82) is 0 Å². The molecule has 5 rings (SSSR count). The summed E-state index contributed by atoms with van der Waals surface area (Å²) in [7, 11) is 1.90. The van der Waals surface area contributed by atoms with Crippen LogP contribution in [-0.2, 0) is 4.79 Å². The van der Waals surface area contributed by atoms with Gasteiger partial charge >= 0.3 is 0 Å². The van der Waals surface area contributed by atoms with Crippen molar-refractivity contribution in [3.05, 3.63) is 72.2 Å². The smallest absolute Gasteiger partial charge is 0.178 e. The molecular weight excluding hydrogens is 591 g/mol. The number of nitrogens with two attached hydrogens (primary N) is 1. The first kappa shape index (κ1) is 38.3. The minimum atomic E-state index is -0.527. The molecule has 2 aliphatic carbocycles. The van der Waals surface area contributed by atoms with Crippen molar-refractivity contribution in [2.75, 3.05) is 38.1 Å². The number of aliphatic imine (C=N–C) groups is 1. The number of amidine groups is 1. The number of carbonyl (C=O) groups is 1. The number of carbonyl (C=O) groups excluding carboxylic acids is 1. The number of aromatic nitrogens is 1. The van der Waals surface area contributed by atoms with Crippen LogP contribution in [0, 0.1) is 36.0 Å². The van der Waals surface area contributed by atoms with Gasteiger partial charge in [-0.25, -0.2) is 4.99 Å². The summed E-state index contributed by atoms with van der Waals surface area (Å²) in [6.07, 6.45) is 18.4. The van der Waals surface area contributed by atoms with Crippen LogP contribution in [0.4, 0.5) is 5.69 Å². The van der Waals surface area contributed by atoms with Crippen molar-refractivity contribution in [2.24, 2.45) is 22.6 Å². The largest absolute Gasteiger partial charge is 0.402 e. The molecule has 250 valence electrons. The van der Waals surface area contributed by atoms with E-state index in [1.165, 1.54) is 55.1 Å². The number of terminal acetylenes is 1. The molecule has 0 radical (unpaired) electrons. The SMILES string of the molecule is C#C/C(=N\C(C#CC(=C)C)NC1SC(C=O)=CN1C)N1CCN(c2ccncc2)CC1.C=C.CC.CC1=C(N)[C@H](C2CC2)CCC1.[HH]. The molecule has 1 aromatic heterocycles. The number of pyridine rings is 1. The molecule has 1 aromatic rings. The first-order valence-electron chi connectivity index (χ1n) is 16.2. The molecule has 2 aliphatic heterocycles. The van der Waals surface area contributed by atoms with Gasteiger partial charge in [-0.05, 0) is 75.5 Å². The molecule has 0 aromatic carbocycles. The molecular formula is C37H55N7OS. The number of thioether (sulfide) groups is 1. The van der Waals surface area contributed by atoms with E-state index >= 15 is 0 Å². The lowest BCUT2D eigenvalue weighted by Gasteiger charge is -2.36. The number of anilines is 1. The molecule has 1 saturated carbocycles. The Hall–Kier alpha value is -3.92.